The highest BCUT2D eigenvalue weighted by Crippen LogP contribution is 2.31. The predicted molar refractivity (Wildman–Crippen MR) is 163 cm³/mol. The van der Waals surface area contributed by atoms with Crippen molar-refractivity contribution in [1.29, 1.82) is 0 Å². The summed E-state index contributed by atoms with van der Waals surface area (Å²) in [6, 6.07) is 22.7. The molecule has 3 N–H and O–H groups in total. The van der Waals surface area contributed by atoms with E-state index >= 15 is 0 Å². The van der Waals surface area contributed by atoms with Crippen molar-refractivity contribution in [2.24, 2.45) is 0 Å². The number of hydrogen-bond acceptors (Lipinski definition) is 8. The molecule has 0 amide bonds. The number of carbonyl (C=O) groups is 1. The van der Waals surface area contributed by atoms with E-state index in [1.807, 2.05) is 36.4 Å². The van der Waals surface area contributed by atoms with Gasteiger partial charge in [-0.15, -0.1) is 0 Å². The number of sulfonamides is 1. The summed E-state index contributed by atoms with van der Waals surface area (Å²) in [5.74, 6) is -0.277. The minimum atomic E-state index is -3.77. The molecule has 0 saturated heterocycles. The number of esters is 1. The van der Waals surface area contributed by atoms with Gasteiger partial charge in [0.15, 0.2) is 5.65 Å². The number of nitrogens with zero attached hydrogens (tertiary/aromatic N) is 3. The fourth-order valence-electron chi connectivity index (χ4n) is 4.37. The molecular formula is C30H26BrN5O5S. The van der Waals surface area contributed by atoms with Crippen LogP contribution in [0, 0.1) is 0 Å². The molecule has 5 rings (SSSR count). The number of aromatic nitrogens is 3. The monoisotopic (exact) mass is 647 g/mol. The Hall–Kier alpha value is -4.52. The number of phenols is 1. The lowest BCUT2D eigenvalue weighted by molar-refractivity contribution is 0.0663. The van der Waals surface area contributed by atoms with Gasteiger partial charge >= 0.3 is 5.97 Å². The van der Waals surface area contributed by atoms with Crippen LogP contribution in [0.3, 0.4) is 0 Å². The maximum absolute atomic E-state index is 12.9. The summed E-state index contributed by atoms with van der Waals surface area (Å²) in [4.78, 5) is 16.8. The summed E-state index contributed by atoms with van der Waals surface area (Å²) in [5, 5.41) is 18.1. The number of ether oxygens (including phenoxy) is 1. The van der Waals surface area contributed by atoms with Gasteiger partial charge in [0.1, 0.15) is 11.6 Å². The third kappa shape index (κ3) is 6.68. The van der Waals surface area contributed by atoms with E-state index in [-0.39, 0.29) is 23.6 Å². The van der Waals surface area contributed by atoms with E-state index in [1.54, 1.807) is 47.1 Å². The summed E-state index contributed by atoms with van der Waals surface area (Å²) in [6.45, 7) is 3.85. The molecule has 0 saturated carbocycles. The van der Waals surface area contributed by atoms with Crippen LogP contribution in [-0.4, -0.2) is 34.1 Å². The van der Waals surface area contributed by atoms with Gasteiger partial charge < -0.3 is 15.2 Å². The van der Waals surface area contributed by atoms with E-state index in [0.29, 0.717) is 39.3 Å². The summed E-state index contributed by atoms with van der Waals surface area (Å²) in [7, 11) is -3.77. The SMILES string of the molecule is C=COC(=O)c1ccccc1CS(=O)(=O)NCc1cccc(CNc2cc(-c3ccccc3O)nc3c(Br)cnn23)c1. The molecule has 0 atom stereocenters. The van der Waals surface area contributed by atoms with E-state index in [2.05, 4.69) is 42.6 Å². The van der Waals surface area contributed by atoms with E-state index < -0.39 is 16.0 Å². The van der Waals surface area contributed by atoms with Gasteiger partial charge in [0.2, 0.25) is 10.0 Å². The lowest BCUT2D eigenvalue weighted by atomic mass is 10.1. The number of benzene rings is 3. The van der Waals surface area contributed by atoms with Gasteiger partial charge in [0.05, 0.1) is 33.9 Å². The van der Waals surface area contributed by atoms with Gasteiger partial charge in [-0.3, -0.25) is 0 Å². The molecule has 12 heteroatoms. The van der Waals surface area contributed by atoms with E-state index in [0.717, 1.165) is 17.4 Å². The Kier molecular flexibility index (Phi) is 8.67. The van der Waals surface area contributed by atoms with Gasteiger partial charge in [0.25, 0.3) is 0 Å². The lowest BCUT2D eigenvalue weighted by Gasteiger charge is -2.13. The second-order valence-corrected chi connectivity index (χ2v) is 11.9. The van der Waals surface area contributed by atoms with Crippen molar-refractivity contribution in [2.75, 3.05) is 5.32 Å². The molecule has 0 radical (unpaired) electrons. The van der Waals surface area contributed by atoms with E-state index in [1.165, 1.54) is 6.07 Å². The first-order valence-corrected chi connectivity index (χ1v) is 15.2. The zero-order valence-electron chi connectivity index (χ0n) is 22.2. The summed E-state index contributed by atoms with van der Waals surface area (Å²) < 4.78 is 35.5. The standard InChI is InChI=1S/C30H26BrN5O5S/c1-2-41-30(38)23-11-4-3-10-22(23)19-42(39,40)34-17-21-9-7-8-20(14-21)16-32-28-15-26(24-12-5-6-13-27(24)37)35-29-25(31)18-33-36(28)29/h2-15,18,32,34,37H,1,16-17,19H2. The summed E-state index contributed by atoms with van der Waals surface area (Å²) in [5.41, 5.74) is 3.90. The van der Waals surface area contributed by atoms with Crippen LogP contribution in [0.1, 0.15) is 27.0 Å². The van der Waals surface area contributed by atoms with Gasteiger partial charge in [-0.25, -0.2) is 22.9 Å². The molecule has 3 aromatic carbocycles. The molecule has 0 aliphatic carbocycles. The molecule has 2 aromatic heterocycles. The van der Waals surface area contributed by atoms with Crippen LogP contribution in [0.2, 0.25) is 0 Å². The second-order valence-electron chi connectivity index (χ2n) is 9.25. The zero-order valence-corrected chi connectivity index (χ0v) is 24.6. The van der Waals surface area contributed by atoms with Gasteiger partial charge in [-0.2, -0.15) is 9.61 Å². The largest absolute Gasteiger partial charge is 0.507 e. The molecule has 0 aliphatic rings. The smallest absolute Gasteiger partial charge is 0.343 e. The normalized spacial score (nSPS) is 11.4. The van der Waals surface area contributed by atoms with Crippen LogP contribution < -0.4 is 10.0 Å². The Labute approximate surface area is 250 Å². The Morgan fingerprint density at radius 3 is 2.55 bits per heavy atom. The van der Waals surface area contributed by atoms with Crippen LogP contribution in [0.25, 0.3) is 16.9 Å². The predicted octanol–water partition coefficient (Wildman–Crippen LogP) is 5.40. The highest BCUT2D eigenvalue weighted by molar-refractivity contribution is 9.10. The number of halogens is 1. The van der Waals surface area contributed by atoms with Crippen LogP contribution in [0.15, 0.2) is 102 Å². The summed E-state index contributed by atoms with van der Waals surface area (Å²) in [6.07, 6.45) is 2.65. The first-order valence-electron chi connectivity index (χ1n) is 12.8. The van der Waals surface area contributed by atoms with Gasteiger partial charge in [0, 0.05) is 24.7 Å². The fraction of sp³-hybridized carbons (Fsp3) is 0.100. The van der Waals surface area contributed by atoms with Crippen molar-refractivity contribution in [1.82, 2.24) is 19.3 Å². The average molecular weight is 649 g/mol. The first kappa shape index (κ1) is 29.0. The Morgan fingerprint density at radius 1 is 1.02 bits per heavy atom. The van der Waals surface area contributed by atoms with Crippen molar-refractivity contribution in [3.8, 4) is 17.0 Å². The Morgan fingerprint density at radius 2 is 1.76 bits per heavy atom. The topological polar surface area (TPSA) is 135 Å². The number of phenolic OH excluding ortho intramolecular Hbond substituents is 1. The highest BCUT2D eigenvalue weighted by Gasteiger charge is 2.18. The minimum Gasteiger partial charge on any atom is -0.507 e. The second kappa shape index (κ2) is 12.6. The third-order valence-corrected chi connectivity index (χ3v) is 8.18. The van der Waals surface area contributed by atoms with Crippen LogP contribution in [-0.2, 0) is 33.6 Å². The molecule has 214 valence electrons. The number of carbonyl (C=O) groups excluding carboxylic acids is 1. The number of fused-ring (bicyclic) bond motifs is 1. The van der Waals surface area contributed by atoms with Gasteiger partial charge in [-0.05, 0) is 50.8 Å². The van der Waals surface area contributed by atoms with Crippen molar-refractivity contribution in [3.05, 3.63) is 125 Å². The number of rotatable bonds is 11. The fourth-order valence-corrected chi connectivity index (χ4v) is 5.86. The van der Waals surface area contributed by atoms with Crippen LogP contribution in [0.5, 0.6) is 5.75 Å². The Balaban J connectivity index is 1.29. The summed E-state index contributed by atoms with van der Waals surface area (Å²) >= 11 is 3.48. The number of aromatic hydroxyl groups is 1. The number of para-hydroxylation sites is 1. The average Bonchev–Trinajstić information content (AvgIpc) is 3.36. The molecular weight excluding hydrogens is 622 g/mol. The minimum absolute atomic E-state index is 0.0679. The van der Waals surface area contributed by atoms with Crippen LogP contribution in [0.4, 0.5) is 5.82 Å². The van der Waals surface area contributed by atoms with Crippen molar-refractivity contribution in [3.63, 3.8) is 0 Å². The third-order valence-electron chi connectivity index (χ3n) is 6.34. The van der Waals surface area contributed by atoms with Crippen LogP contribution >= 0.6 is 15.9 Å². The van der Waals surface area contributed by atoms with E-state index in [4.69, 9.17) is 4.74 Å². The first-order chi connectivity index (χ1) is 20.2. The molecule has 0 unspecified atom stereocenters. The molecule has 2 heterocycles. The lowest BCUT2D eigenvalue weighted by Crippen LogP contribution is -2.25. The molecule has 10 nitrogen and oxygen atoms in total. The zero-order chi connectivity index (χ0) is 29.7. The molecule has 5 aromatic rings. The number of hydrogen-bond donors (Lipinski definition) is 3. The maximum atomic E-state index is 12.9. The van der Waals surface area contributed by atoms with Crippen molar-refractivity contribution in [2.45, 2.75) is 18.8 Å². The molecule has 0 bridgehead atoms. The molecule has 42 heavy (non-hydrogen) atoms. The molecule has 0 spiro atoms. The molecule has 0 aliphatic heterocycles. The quantitative estimate of drug-likeness (QED) is 0.128. The van der Waals surface area contributed by atoms with E-state index in [9.17, 15) is 18.3 Å². The van der Waals surface area contributed by atoms with Crippen molar-refractivity contribution >= 4 is 43.4 Å². The van der Waals surface area contributed by atoms with Crippen molar-refractivity contribution < 1.29 is 23.1 Å². The Bertz CT molecular complexity index is 1890. The number of anilines is 1. The highest BCUT2D eigenvalue weighted by atomic mass is 79.9. The van der Waals surface area contributed by atoms with Gasteiger partial charge in [-0.1, -0.05) is 61.2 Å². The molecule has 0 fully saturated rings. The maximum Gasteiger partial charge on any atom is 0.343 e. The number of nitrogens with one attached hydrogen (secondary N) is 2.